The maximum absolute atomic E-state index is 10.1. The van der Waals surface area contributed by atoms with Crippen LogP contribution in [0.25, 0.3) is 0 Å². The number of ether oxygens (including phenoxy) is 1. The van der Waals surface area contributed by atoms with E-state index >= 15 is 0 Å². The van der Waals surface area contributed by atoms with Gasteiger partial charge in [-0.25, -0.2) is 4.98 Å². The van der Waals surface area contributed by atoms with E-state index in [9.17, 15) is 4.79 Å². The average Bonchev–Trinajstić information content (AvgIpc) is 2.19. The number of carbonyl (C=O) groups excluding carboxylic acids is 1. The second kappa shape index (κ2) is 5.87. The number of hydrogen-bond donors (Lipinski definition) is 2. The summed E-state index contributed by atoms with van der Waals surface area (Å²) in [6.45, 7) is 0.410. The van der Waals surface area contributed by atoms with Crippen LogP contribution >= 0.6 is 0 Å². The van der Waals surface area contributed by atoms with Crippen LogP contribution < -0.4 is 10.1 Å². The van der Waals surface area contributed by atoms with Crippen LogP contribution in [0, 0.1) is 0 Å². The van der Waals surface area contributed by atoms with Crippen LogP contribution in [0.4, 0.5) is 5.82 Å². The third kappa shape index (κ3) is 3.36. The minimum Gasteiger partial charge on any atom is -0.463 e. The van der Waals surface area contributed by atoms with Gasteiger partial charge in [0.2, 0.25) is 6.41 Å². The summed E-state index contributed by atoms with van der Waals surface area (Å²) in [6.07, 6.45) is 2.53. The van der Waals surface area contributed by atoms with E-state index < -0.39 is 0 Å². The van der Waals surface area contributed by atoms with Crippen molar-refractivity contribution in [1.29, 1.82) is 0 Å². The molecule has 14 heavy (non-hydrogen) atoms. The summed E-state index contributed by atoms with van der Waals surface area (Å²) in [6, 6.07) is 1.73. The summed E-state index contributed by atoms with van der Waals surface area (Å²) in [5.41, 5.74) is 0. The number of aliphatic hydroxyl groups is 1. The maximum atomic E-state index is 10.1. The molecule has 0 fully saturated rings. The van der Waals surface area contributed by atoms with E-state index in [1.54, 1.807) is 6.07 Å². The first-order valence-corrected chi connectivity index (χ1v) is 4.13. The molecule has 0 aromatic carbocycles. The van der Waals surface area contributed by atoms with Crippen molar-refractivity contribution in [3.8, 4) is 6.01 Å². The van der Waals surface area contributed by atoms with Crippen molar-refractivity contribution in [3.63, 3.8) is 0 Å². The van der Waals surface area contributed by atoms with Crippen molar-refractivity contribution in [2.45, 2.75) is 6.42 Å². The van der Waals surface area contributed by atoms with Gasteiger partial charge in [-0.1, -0.05) is 0 Å². The Morgan fingerprint density at radius 3 is 3.21 bits per heavy atom. The molecule has 1 aromatic rings. The first-order chi connectivity index (χ1) is 6.86. The second-order valence-electron chi connectivity index (χ2n) is 2.41. The van der Waals surface area contributed by atoms with Crippen molar-refractivity contribution < 1.29 is 14.6 Å². The van der Waals surface area contributed by atoms with Crippen LogP contribution in [0.5, 0.6) is 6.01 Å². The van der Waals surface area contributed by atoms with Gasteiger partial charge in [-0.15, -0.1) is 0 Å². The topological polar surface area (TPSA) is 84.3 Å². The van der Waals surface area contributed by atoms with Gasteiger partial charge in [0.25, 0.3) is 0 Å². The summed E-state index contributed by atoms with van der Waals surface area (Å²) in [5.74, 6) is 0.383. The number of aliphatic hydroxyl groups excluding tert-OH is 1. The number of aromatic nitrogens is 2. The Labute approximate surface area is 80.9 Å². The Kier molecular flexibility index (Phi) is 4.36. The maximum Gasteiger partial charge on any atom is 0.318 e. The molecule has 0 aliphatic rings. The van der Waals surface area contributed by atoms with E-state index in [1.165, 1.54) is 6.20 Å². The Hall–Kier alpha value is -1.69. The van der Waals surface area contributed by atoms with Gasteiger partial charge in [-0.05, 0) is 6.07 Å². The zero-order valence-corrected chi connectivity index (χ0v) is 7.51. The fourth-order valence-electron chi connectivity index (χ4n) is 0.779. The fourth-order valence-corrected chi connectivity index (χ4v) is 0.779. The molecule has 0 saturated heterocycles. The summed E-state index contributed by atoms with van der Waals surface area (Å²) in [7, 11) is 0. The summed E-state index contributed by atoms with van der Waals surface area (Å²) in [5, 5.41) is 10.9. The van der Waals surface area contributed by atoms with E-state index in [2.05, 4.69) is 15.3 Å². The Balaban J connectivity index is 2.50. The van der Waals surface area contributed by atoms with Crippen LogP contribution in [0.15, 0.2) is 12.3 Å². The monoisotopic (exact) mass is 197 g/mol. The van der Waals surface area contributed by atoms with Gasteiger partial charge in [0.1, 0.15) is 5.82 Å². The summed E-state index contributed by atoms with van der Waals surface area (Å²) >= 11 is 0. The molecule has 1 heterocycles. The van der Waals surface area contributed by atoms with E-state index in [1.807, 2.05) is 0 Å². The molecule has 0 bridgehead atoms. The molecular formula is C8H11N3O3. The zero-order valence-electron chi connectivity index (χ0n) is 7.51. The molecule has 0 unspecified atom stereocenters. The lowest BCUT2D eigenvalue weighted by atomic mass is 10.5. The van der Waals surface area contributed by atoms with Crippen LogP contribution in [0.1, 0.15) is 6.42 Å². The van der Waals surface area contributed by atoms with Gasteiger partial charge >= 0.3 is 6.01 Å². The van der Waals surface area contributed by atoms with Gasteiger partial charge < -0.3 is 15.2 Å². The predicted molar refractivity (Wildman–Crippen MR) is 48.9 cm³/mol. The SMILES string of the molecule is O=CNc1ccnc(OCCCO)n1. The van der Waals surface area contributed by atoms with Crippen molar-refractivity contribution in [3.05, 3.63) is 12.3 Å². The largest absolute Gasteiger partial charge is 0.463 e. The molecule has 0 aliphatic carbocycles. The number of rotatable bonds is 6. The Bertz CT molecular complexity index is 293. The third-order valence-electron chi connectivity index (χ3n) is 1.37. The number of hydrogen-bond acceptors (Lipinski definition) is 5. The lowest BCUT2D eigenvalue weighted by molar-refractivity contribution is -0.105. The number of nitrogens with one attached hydrogen (secondary N) is 1. The molecule has 0 saturated carbocycles. The highest BCUT2D eigenvalue weighted by molar-refractivity contribution is 5.68. The van der Waals surface area contributed by atoms with E-state index in [4.69, 9.17) is 9.84 Å². The average molecular weight is 197 g/mol. The smallest absolute Gasteiger partial charge is 0.318 e. The summed E-state index contributed by atoms with van der Waals surface area (Å²) < 4.78 is 5.10. The van der Waals surface area contributed by atoms with E-state index in [0.29, 0.717) is 25.3 Å². The highest BCUT2D eigenvalue weighted by atomic mass is 16.5. The first-order valence-electron chi connectivity index (χ1n) is 4.13. The van der Waals surface area contributed by atoms with Crippen molar-refractivity contribution >= 4 is 12.2 Å². The quantitative estimate of drug-likeness (QED) is 0.487. The molecule has 2 N–H and O–H groups in total. The minimum absolute atomic E-state index is 0.0618. The Morgan fingerprint density at radius 2 is 2.50 bits per heavy atom. The number of anilines is 1. The van der Waals surface area contributed by atoms with Gasteiger partial charge in [0, 0.05) is 19.2 Å². The minimum atomic E-state index is 0.0618. The normalized spacial score (nSPS) is 9.50. The van der Waals surface area contributed by atoms with Crippen molar-refractivity contribution in [2.75, 3.05) is 18.5 Å². The molecule has 6 heteroatoms. The molecule has 1 aromatic heterocycles. The lowest BCUT2D eigenvalue weighted by Gasteiger charge is -2.03. The van der Waals surface area contributed by atoms with Crippen molar-refractivity contribution in [1.82, 2.24) is 9.97 Å². The molecule has 0 radical (unpaired) electrons. The van der Waals surface area contributed by atoms with Gasteiger partial charge in [0.15, 0.2) is 0 Å². The number of amides is 1. The highest BCUT2D eigenvalue weighted by Gasteiger charge is 1.98. The molecular weight excluding hydrogens is 186 g/mol. The predicted octanol–water partition coefficient (Wildman–Crippen LogP) is -0.194. The molecule has 76 valence electrons. The van der Waals surface area contributed by atoms with Crippen LogP contribution in [0.3, 0.4) is 0 Å². The molecule has 0 spiro atoms. The first kappa shape index (κ1) is 10.4. The van der Waals surface area contributed by atoms with Crippen LogP contribution in [0.2, 0.25) is 0 Å². The van der Waals surface area contributed by atoms with Crippen LogP contribution in [-0.4, -0.2) is 34.7 Å². The molecule has 1 amide bonds. The van der Waals surface area contributed by atoms with Crippen LogP contribution in [-0.2, 0) is 4.79 Å². The Morgan fingerprint density at radius 1 is 1.64 bits per heavy atom. The van der Waals surface area contributed by atoms with E-state index in [0.717, 1.165) is 0 Å². The van der Waals surface area contributed by atoms with Crippen molar-refractivity contribution in [2.24, 2.45) is 0 Å². The standard InChI is InChI=1S/C8H11N3O3/c12-4-1-5-14-8-9-3-2-7(11-8)10-6-13/h2-3,6,12H,1,4-5H2,(H,9,10,11,13). The third-order valence-corrected chi connectivity index (χ3v) is 1.37. The molecule has 6 nitrogen and oxygen atoms in total. The number of nitrogens with zero attached hydrogens (tertiary/aromatic N) is 2. The second-order valence-corrected chi connectivity index (χ2v) is 2.41. The van der Waals surface area contributed by atoms with Gasteiger partial charge in [-0.3, -0.25) is 4.79 Å². The molecule has 1 rings (SSSR count). The molecule has 0 atom stereocenters. The molecule has 0 aliphatic heterocycles. The van der Waals surface area contributed by atoms with Gasteiger partial charge in [0.05, 0.1) is 6.61 Å². The van der Waals surface area contributed by atoms with Gasteiger partial charge in [-0.2, -0.15) is 4.98 Å². The highest BCUT2D eigenvalue weighted by Crippen LogP contribution is 2.06. The fraction of sp³-hybridized carbons (Fsp3) is 0.375. The summed E-state index contributed by atoms with van der Waals surface area (Å²) in [4.78, 5) is 17.8. The zero-order chi connectivity index (χ0) is 10.2. The number of carbonyl (C=O) groups is 1. The van der Waals surface area contributed by atoms with E-state index in [-0.39, 0.29) is 12.6 Å². The lowest BCUT2D eigenvalue weighted by Crippen LogP contribution is -2.04.